The van der Waals surface area contributed by atoms with Crippen LogP contribution in [-0.4, -0.2) is 25.2 Å². The molecule has 0 saturated carbocycles. The first kappa shape index (κ1) is 10.6. The summed E-state index contributed by atoms with van der Waals surface area (Å²) in [4.78, 5) is 27.6. The SMILES string of the molecule is Cn1c(=O)c2c(ncn2CC[NH3+])n(C)c1=O. The highest BCUT2D eigenvalue weighted by atomic mass is 16.2. The molecule has 0 spiro atoms. The van der Waals surface area contributed by atoms with Crippen molar-refractivity contribution in [3.8, 4) is 0 Å². The minimum atomic E-state index is -0.364. The van der Waals surface area contributed by atoms with Gasteiger partial charge in [-0.25, -0.2) is 9.78 Å². The topological polar surface area (TPSA) is 89.5 Å². The van der Waals surface area contributed by atoms with Gasteiger partial charge < -0.3 is 10.3 Å². The summed E-state index contributed by atoms with van der Waals surface area (Å²) >= 11 is 0. The van der Waals surface area contributed by atoms with Crippen LogP contribution in [0.5, 0.6) is 0 Å². The Hall–Kier alpha value is -1.89. The molecule has 2 aromatic heterocycles. The molecule has 0 radical (unpaired) electrons. The predicted molar refractivity (Wildman–Crippen MR) is 58.0 cm³/mol. The van der Waals surface area contributed by atoms with E-state index < -0.39 is 0 Å². The Balaban J connectivity index is 2.95. The van der Waals surface area contributed by atoms with Crippen LogP contribution in [0.1, 0.15) is 0 Å². The van der Waals surface area contributed by atoms with E-state index in [1.165, 1.54) is 11.6 Å². The first-order chi connectivity index (χ1) is 7.57. The number of fused-ring (bicyclic) bond motifs is 1. The molecule has 16 heavy (non-hydrogen) atoms. The number of rotatable bonds is 2. The molecule has 0 atom stereocenters. The van der Waals surface area contributed by atoms with Gasteiger partial charge in [-0.05, 0) is 0 Å². The Bertz CT molecular complexity index is 648. The van der Waals surface area contributed by atoms with Gasteiger partial charge in [-0.2, -0.15) is 0 Å². The van der Waals surface area contributed by atoms with Crippen LogP contribution in [0, 0.1) is 0 Å². The third-order valence-electron chi connectivity index (χ3n) is 2.62. The molecule has 0 unspecified atom stereocenters. The fourth-order valence-electron chi connectivity index (χ4n) is 1.74. The van der Waals surface area contributed by atoms with Gasteiger partial charge in [0, 0.05) is 14.1 Å². The summed E-state index contributed by atoms with van der Waals surface area (Å²) in [6, 6.07) is 0. The summed E-state index contributed by atoms with van der Waals surface area (Å²) in [5.74, 6) is 0. The number of aromatic nitrogens is 4. The van der Waals surface area contributed by atoms with Gasteiger partial charge in [-0.15, -0.1) is 0 Å². The Morgan fingerprint density at radius 3 is 2.62 bits per heavy atom. The molecule has 0 amide bonds. The second-order valence-corrected chi connectivity index (χ2v) is 3.67. The van der Waals surface area contributed by atoms with Crippen molar-refractivity contribution in [2.75, 3.05) is 6.54 Å². The molecule has 2 aromatic rings. The highest BCUT2D eigenvalue weighted by Gasteiger charge is 2.13. The second-order valence-electron chi connectivity index (χ2n) is 3.67. The third-order valence-corrected chi connectivity index (χ3v) is 2.62. The van der Waals surface area contributed by atoms with Gasteiger partial charge in [-0.1, -0.05) is 0 Å². The lowest BCUT2D eigenvalue weighted by Gasteiger charge is -2.04. The van der Waals surface area contributed by atoms with Gasteiger partial charge in [0.15, 0.2) is 11.2 Å². The van der Waals surface area contributed by atoms with Crippen molar-refractivity contribution in [1.29, 1.82) is 0 Å². The zero-order valence-electron chi connectivity index (χ0n) is 9.30. The lowest BCUT2D eigenvalue weighted by Crippen LogP contribution is -2.52. The van der Waals surface area contributed by atoms with Crippen LogP contribution in [-0.2, 0) is 20.6 Å². The first-order valence-corrected chi connectivity index (χ1v) is 4.98. The van der Waals surface area contributed by atoms with Crippen molar-refractivity contribution in [2.24, 2.45) is 14.1 Å². The minimum Gasteiger partial charge on any atom is -0.356 e. The maximum Gasteiger partial charge on any atom is 0.332 e. The van der Waals surface area contributed by atoms with E-state index in [-0.39, 0.29) is 11.2 Å². The molecule has 2 rings (SSSR count). The number of hydrogen-bond acceptors (Lipinski definition) is 3. The van der Waals surface area contributed by atoms with E-state index in [9.17, 15) is 9.59 Å². The van der Waals surface area contributed by atoms with Gasteiger partial charge in [0.25, 0.3) is 5.56 Å². The van der Waals surface area contributed by atoms with Crippen molar-refractivity contribution in [3.63, 3.8) is 0 Å². The fraction of sp³-hybridized carbons (Fsp3) is 0.444. The second kappa shape index (κ2) is 3.60. The molecule has 2 heterocycles. The molecule has 0 aliphatic rings. The monoisotopic (exact) mass is 224 g/mol. The average Bonchev–Trinajstić information content (AvgIpc) is 2.68. The van der Waals surface area contributed by atoms with Gasteiger partial charge in [0.1, 0.15) is 0 Å². The highest BCUT2D eigenvalue weighted by molar-refractivity contribution is 5.69. The van der Waals surface area contributed by atoms with Crippen molar-refractivity contribution < 1.29 is 5.73 Å². The predicted octanol–water partition coefficient (Wildman–Crippen LogP) is -2.32. The molecular formula is C9H14N5O2+. The maximum atomic E-state index is 11.9. The fourth-order valence-corrected chi connectivity index (χ4v) is 1.74. The third kappa shape index (κ3) is 1.28. The van der Waals surface area contributed by atoms with E-state index in [1.807, 2.05) is 0 Å². The van der Waals surface area contributed by atoms with Crippen molar-refractivity contribution in [2.45, 2.75) is 6.54 Å². The molecule has 0 saturated heterocycles. The van der Waals surface area contributed by atoms with E-state index in [1.54, 1.807) is 17.9 Å². The summed E-state index contributed by atoms with van der Waals surface area (Å²) < 4.78 is 4.18. The van der Waals surface area contributed by atoms with Crippen LogP contribution in [0.15, 0.2) is 15.9 Å². The number of aryl methyl sites for hydroxylation is 1. The van der Waals surface area contributed by atoms with Crippen LogP contribution >= 0.6 is 0 Å². The Labute approximate surface area is 90.7 Å². The quantitative estimate of drug-likeness (QED) is 0.620. The molecule has 0 aromatic carbocycles. The summed E-state index contributed by atoms with van der Waals surface area (Å²) in [5.41, 5.74) is 3.92. The van der Waals surface area contributed by atoms with E-state index in [4.69, 9.17) is 0 Å². The number of quaternary nitrogens is 1. The molecule has 0 aliphatic heterocycles. The molecular weight excluding hydrogens is 210 g/mol. The smallest absolute Gasteiger partial charge is 0.332 e. The lowest BCUT2D eigenvalue weighted by molar-refractivity contribution is -0.369. The molecule has 3 N–H and O–H groups in total. The zero-order valence-corrected chi connectivity index (χ0v) is 9.30. The molecule has 86 valence electrons. The van der Waals surface area contributed by atoms with Crippen LogP contribution in [0.25, 0.3) is 11.2 Å². The largest absolute Gasteiger partial charge is 0.356 e. The number of imidazole rings is 1. The maximum absolute atomic E-state index is 11.9. The Morgan fingerprint density at radius 2 is 2.00 bits per heavy atom. The first-order valence-electron chi connectivity index (χ1n) is 4.98. The van der Waals surface area contributed by atoms with E-state index in [0.717, 1.165) is 4.57 Å². The molecule has 0 bridgehead atoms. The van der Waals surface area contributed by atoms with Crippen molar-refractivity contribution >= 4 is 11.2 Å². The van der Waals surface area contributed by atoms with Gasteiger partial charge in [0.2, 0.25) is 0 Å². The van der Waals surface area contributed by atoms with E-state index in [0.29, 0.717) is 24.3 Å². The average molecular weight is 224 g/mol. The molecule has 0 aliphatic carbocycles. The summed E-state index contributed by atoms with van der Waals surface area (Å²) in [7, 11) is 3.07. The number of hydrogen-bond donors (Lipinski definition) is 1. The van der Waals surface area contributed by atoms with Crippen molar-refractivity contribution in [3.05, 3.63) is 27.2 Å². The molecule has 0 fully saturated rings. The summed E-state index contributed by atoms with van der Waals surface area (Å²) in [6.07, 6.45) is 1.57. The van der Waals surface area contributed by atoms with Crippen LogP contribution < -0.4 is 17.0 Å². The van der Waals surface area contributed by atoms with E-state index in [2.05, 4.69) is 10.7 Å². The normalized spacial score (nSPS) is 11.2. The summed E-state index contributed by atoms with van der Waals surface area (Å²) in [5, 5.41) is 0. The Kier molecular flexibility index (Phi) is 2.39. The standard InChI is InChI=1S/C9H13N5O2/c1-12-7-6(8(15)13(2)9(12)16)14(4-3-10)5-11-7/h5H,3-4,10H2,1-2H3/p+1. The van der Waals surface area contributed by atoms with Gasteiger partial charge in [-0.3, -0.25) is 13.9 Å². The minimum absolute atomic E-state index is 0.316. The summed E-state index contributed by atoms with van der Waals surface area (Å²) in [6.45, 7) is 1.28. The highest BCUT2D eigenvalue weighted by Crippen LogP contribution is 2.03. The zero-order chi connectivity index (χ0) is 11.9. The van der Waals surface area contributed by atoms with Gasteiger partial charge >= 0.3 is 5.69 Å². The van der Waals surface area contributed by atoms with Crippen molar-refractivity contribution in [1.82, 2.24) is 18.7 Å². The molecule has 7 nitrogen and oxygen atoms in total. The number of nitrogens with zero attached hydrogens (tertiary/aromatic N) is 4. The van der Waals surface area contributed by atoms with Gasteiger partial charge in [0.05, 0.1) is 19.4 Å². The van der Waals surface area contributed by atoms with Crippen LogP contribution in [0.4, 0.5) is 0 Å². The Morgan fingerprint density at radius 1 is 1.31 bits per heavy atom. The van der Waals surface area contributed by atoms with E-state index >= 15 is 0 Å². The van der Waals surface area contributed by atoms with Crippen LogP contribution in [0.2, 0.25) is 0 Å². The molecule has 7 heteroatoms. The van der Waals surface area contributed by atoms with Crippen LogP contribution in [0.3, 0.4) is 0 Å². The lowest BCUT2D eigenvalue weighted by atomic mass is 10.5.